The Morgan fingerprint density at radius 2 is 1.71 bits per heavy atom. The van der Waals surface area contributed by atoms with Crippen molar-refractivity contribution in [2.24, 2.45) is 5.41 Å². The van der Waals surface area contributed by atoms with Crippen LogP contribution in [0, 0.1) is 5.41 Å². The average molecular weight is 497 g/mol. The average Bonchev–Trinajstić information content (AvgIpc) is 3.15. The lowest BCUT2D eigenvalue weighted by Gasteiger charge is -2.41. The van der Waals surface area contributed by atoms with E-state index in [1.54, 1.807) is 11.8 Å². The number of fused-ring (bicyclic) bond motifs is 3. The molecule has 4 rings (SSSR count). The number of rotatable bonds is 11. The number of carbonyl (C=O) groups excluding carboxylic acids is 2. The summed E-state index contributed by atoms with van der Waals surface area (Å²) < 4.78 is 5.62. The van der Waals surface area contributed by atoms with Gasteiger partial charge in [0.25, 0.3) is 0 Å². The van der Waals surface area contributed by atoms with Crippen LogP contribution in [0.2, 0.25) is 0 Å². The number of thioether (sulfide) groups is 1. The van der Waals surface area contributed by atoms with E-state index in [0.717, 1.165) is 41.5 Å². The summed E-state index contributed by atoms with van der Waals surface area (Å²) in [5, 5.41) is 14.8. The summed E-state index contributed by atoms with van der Waals surface area (Å²) in [6.07, 6.45) is 4.36. The van der Waals surface area contributed by atoms with Gasteiger partial charge in [0.15, 0.2) is 0 Å². The zero-order valence-corrected chi connectivity index (χ0v) is 20.7. The van der Waals surface area contributed by atoms with Crippen molar-refractivity contribution in [1.29, 1.82) is 0 Å². The molecule has 2 amide bonds. The molecular weight excluding hydrogens is 464 g/mol. The molecule has 2 aromatic carbocycles. The highest BCUT2D eigenvalue weighted by molar-refractivity contribution is 7.98. The van der Waals surface area contributed by atoms with E-state index in [4.69, 9.17) is 4.74 Å². The minimum atomic E-state index is -0.852. The SMILES string of the molecule is CSCC[C@@H](NC(=O)OCC1c2ccccc2-c2ccccc21)C(=O)NCC1(CC(=O)O)CCC1. The van der Waals surface area contributed by atoms with E-state index >= 15 is 0 Å². The zero-order valence-electron chi connectivity index (χ0n) is 19.9. The second kappa shape index (κ2) is 11.2. The molecule has 1 fully saturated rings. The van der Waals surface area contributed by atoms with Gasteiger partial charge in [-0.15, -0.1) is 0 Å². The van der Waals surface area contributed by atoms with Crippen LogP contribution in [-0.2, 0) is 14.3 Å². The Bertz CT molecular complexity index is 1040. The van der Waals surface area contributed by atoms with Gasteiger partial charge in [0.1, 0.15) is 12.6 Å². The molecule has 35 heavy (non-hydrogen) atoms. The predicted molar refractivity (Wildman–Crippen MR) is 137 cm³/mol. The van der Waals surface area contributed by atoms with Crippen LogP contribution >= 0.6 is 11.8 Å². The number of hydrogen-bond donors (Lipinski definition) is 3. The molecule has 0 aromatic heterocycles. The van der Waals surface area contributed by atoms with Gasteiger partial charge in [-0.2, -0.15) is 11.8 Å². The maximum atomic E-state index is 12.9. The number of amides is 2. The second-order valence-corrected chi connectivity index (χ2v) is 10.4. The number of carboxylic acid groups (broad SMARTS) is 1. The molecule has 3 N–H and O–H groups in total. The van der Waals surface area contributed by atoms with E-state index in [-0.39, 0.29) is 30.3 Å². The molecule has 0 unspecified atom stereocenters. The fraction of sp³-hybridized carbons (Fsp3) is 0.444. The molecule has 0 heterocycles. The highest BCUT2D eigenvalue weighted by Crippen LogP contribution is 2.45. The Morgan fingerprint density at radius 3 is 2.26 bits per heavy atom. The third-order valence-corrected chi connectivity index (χ3v) is 7.78. The van der Waals surface area contributed by atoms with Crippen LogP contribution in [0.5, 0.6) is 0 Å². The van der Waals surface area contributed by atoms with Crippen LogP contribution in [0.15, 0.2) is 48.5 Å². The standard InChI is InChI=1S/C27H32N2O5S/c1-35-14-11-23(25(32)28-17-27(12-6-13-27)15-24(30)31)29-26(33)34-16-22-20-9-4-2-7-18(20)19-8-3-5-10-21(19)22/h2-5,7-10,22-23H,6,11-17H2,1H3,(H,28,32)(H,29,33)(H,30,31)/t23-/m1/s1. The summed E-state index contributed by atoms with van der Waals surface area (Å²) >= 11 is 1.59. The number of carbonyl (C=O) groups is 3. The minimum absolute atomic E-state index is 0.0442. The van der Waals surface area contributed by atoms with Crippen LogP contribution in [-0.4, -0.2) is 54.3 Å². The van der Waals surface area contributed by atoms with Crippen LogP contribution in [0.25, 0.3) is 11.1 Å². The number of benzene rings is 2. The predicted octanol–water partition coefficient (Wildman–Crippen LogP) is 4.41. The fourth-order valence-corrected chi connectivity index (χ4v) is 5.57. The van der Waals surface area contributed by atoms with Crippen LogP contribution < -0.4 is 10.6 Å². The third kappa shape index (κ3) is 5.81. The fourth-order valence-electron chi connectivity index (χ4n) is 5.10. The highest BCUT2D eigenvalue weighted by Gasteiger charge is 2.39. The van der Waals surface area contributed by atoms with Crippen molar-refractivity contribution in [1.82, 2.24) is 10.6 Å². The lowest BCUT2D eigenvalue weighted by atomic mass is 9.66. The Labute approximate surface area is 210 Å². The lowest BCUT2D eigenvalue weighted by molar-refractivity contribution is -0.142. The monoisotopic (exact) mass is 496 g/mol. The number of nitrogens with one attached hydrogen (secondary N) is 2. The molecule has 1 atom stereocenters. The molecule has 0 aliphatic heterocycles. The Kier molecular flexibility index (Phi) is 8.00. The summed E-state index contributed by atoms with van der Waals surface area (Å²) in [4.78, 5) is 36.8. The van der Waals surface area contributed by atoms with Crippen LogP contribution in [0.4, 0.5) is 4.79 Å². The molecule has 1 saturated carbocycles. The van der Waals surface area contributed by atoms with Crippen molar-refractivity contribution in [3.63, 3.8) is 0 Å². The van der Waals surface area contributed by atoms with Crippen LogP contribution in [0.3, 0.4) is 0 Å². The zero-order chi connectivity index (χ0) is 24.8. The Balaban J connectivity index is 1.36. The maximum absolute atomic E-state index is 12.9. The van der Waals surface area contributed by atoms with E-state index in [1.807, 2.05) is 30.5 Å². The third-order valence-electron chi connectivity index (χ3n) is 7.14. The summed E-state index contributed by atoms with van der Waals surface area (Å²) in [5.41, 5.74) is 4.18. The summed E-state index contributed by atoms with van der Waals surface area (Å²) in [6.45, 7) is 0.485. The largest absolute Gasteiger partial charge is 0.481 e. The van der Waals surface area contributed by atoms with Gasteiger partial charge in [-0.3, -0.25) is 9.59 Å². The van der Waals surface area contributed by atoms with Crippen molar-refractivity contribution >= 4 is 29.7 Å². The number of aliphatic carboxylic acids is 1. The number of carboxylic acids is 1. The van der Waals surface area contributed by atoms with E-state index in [1.165, 1.54) is 0 Å². The van der Waals surface area contributed by atoms with Gasteiger partial charge in [0.2, 0.25) is 5.91 Å². The Hall–Kier alpha value is -3.00. The lowest BCUT2D eigenvalue weighted by Crippen LogP contribution is -2.51. The normalized spacial score (nSPS) is 16.4. The first-order chi connectivity index (χ1) is 16.9. The number of ether oxygens (including phenoxy) is 1. The molecule has 0 spiro atoms. The van der Waals surface area contributed by atoms with E-state index in [9.17, 15) is 19.5 Å². The van der Waals surface area contributed by atoms with E-state index in [2.05, 4.69) is 34.9 Å². The molecule has 7 nitrogen and oxygen atoms in total. The molecule has 0 bridgehead atoms. The molecule has 8 heteroatoms. The van der Waals surface area contributed by atoms with Gasteiger partial charge in [-0.25, -0.2) is 4.79 Å². The maximum Gasteiger partial charge on any atom is 0.407 e. The molecule has 2 aromatic rings. The second-order valence-electron chi connectivity index (χ2n) is 9.45. The van der Waals surface area contributed by atoms with Gasteiger partial charge in [0, 0.05) is 12.5 Å². The molecule has 2 aliphatic carbocycles. The molecule has 0 radical (unpaired) electrons. The van der Waals surface area contributed by atoms with Crippen molar-refractivity contribution in [2.75, 3.05) is 25.2 Å². The van der Waals surface area contributed by atoms with Crippen molar-refractivity contribution in [3.8, 4) is 11.1 Å². The van der Waals surface area contributed by atoms with Crippen LogP contribution in [0.1, 0.15) is 49.1 Å². The molecule has 0 saturated heterocycles. The summed E-state index contributed by atoms with van der Waals surface area (Å²) in [7, 11) is 0. The van der Waals surface area contributed by atoms with E-state index < -0.39 is 18.1 Å². The van der Waals surface area contributed by atoms with Crippen molar-refractivity contribution in [2.45, 2.75) is 44.1 Å². The quantitative estimate of drug-likeness (QED) is 0.426. The van der Waals surface area contributed by atoms with Gasteiger partial charge in [-0.1, -0.05) is 55.0 Å². The first-order valence-corrected chi connectivity index (χ1v) is 13.4. The molecule has 186 valence electrons. The van der Waals surface area contributed by atoms with Crippen molar-refractivity contribution in [3.05, 3.63) is 59.7 Å². The molecule has 2 aliphatic rings. The number of hydrogen-bond acceptors (Lipinski definition) is 5. The first kappa shape index (κ1) is 25.1. The minimum Gasteiger partial charge on any atom is -0.481 e. The molecular formula is C27H32N2O5S. The highest BCUT2D eigenvalue weighted by atomic mass is 32.2. The first-order valence-electron chi connectivity index (χ1n) is 12.0. The summed E-state index contributed by atoms with van der Waals surface area (Å²) in [6, 6.07) is 15.5. The topological polar surface area (TPSA) is 105 Å². The van der Waals surface area contributed by atoms with Gasteiger partial charge >= 0.3 is 12.1 Å². The Morgan fingerprint density at radius 1 is 1.09 bits per heavy atom. The number of alkyl carbamates (subject to hydrolysis) is 1. The van der Waals surface area contributed by atoms with E-state index in [0.29, 0.717) is 18.7 Å². The smallest absolute Gasteiger partial charge is 0.407 e. The van der Waals surface area contributed by atoms with Gasteiger partial charge < -0.3 is 20.5 Å². The summed E-state index contributed by atoms with van der Waals surface area (Å²) in [5.74, 6) is -0.512. The van der Waals surface area contributed by atoms with Gasteiger partial charge in [-0.05, 0) is 58.9 Å². The van der Waals surface area contributed by atoms with Crippen molar-refractivity contribution < 1.29 is 24.2 Å². The van der Waals surface area contributed by atoms with Gasteiger partial charge in [0.05, 0.1) is 6.42 Å².